The van der Waals surface area contributed by atoms with Crippen molar-refractivity contribution in [2.75, 3.05) is 23.0 Å². The zero-order valence-electron chi connectivity index (χ0n) is 31.0. The molecule has 0 saturated heterocycles. The topological polar surface area (TPSA) is 364 Å². The maximum atomic E-state index is 12.7. The van der Waals surface area contributed by atoms with Crippen LogP contribution < -0.4 is 134 Å². The minimum Gasteiger partial charge on any atom is -0.744 e. The Kier molecular flexibility index (Phi) is 22.9. The molecule has 0 spiro atoms. The molecule has 0 atom stereocenters. The molecule has 1 aromatic heterocycles. The third kappa shape index (κ3) is 15.8. The molecule has 3 N–H and O–H groups in total. The van der Waals surface area contributed by atoms with Gasteiger partial charge in [-0.1, -0.05) is 18.2 Å². The Labute approximate surface area is 438 Å². The van der Waals surface area contributed by atoms with E-state index < -0.39 is 96.7 Å². The fourth-order valence-corrected chi connectivity index (χ4v) is 7.93. The number of phenols is 1. The van der Waals surface area contributed by atoms with Crippen molar-refractivity contribution >= 4 is 110 Å². The van der Waals surface area contributed by atoms with Crippen LogP contribution in [-0.2, 0) is 54.0 Å². The number of sulfone groups is 1. The van der Waals surface area contributed by atoms with Gasteiger partial charge < -0.3 is 34.7 Å². The summed E-state index contributed by atoms with van der Waals surface area (Å²) in [6, 6.07) is 12.2. The number of nitrogens with zero attached hydrogens (tertiary/aromatic N) is 5. The van der Waals surface area contributed by atoms with Crippen molar-refractivity contribution in [2.45, 2.75) is 19.6 Å². The van der Waals surface area contributed by atoms with E-state index in [4.69, 9.17) is 11.6 Å². The van der Waals surface area contributed by atoms with Crippen LogP contribution in [0, 0.1) is 0 Å². The molecule has 5 rings (SSSR count). The summed E-state index contributed by atoms with van der Waals surface area (Å²) in [5, 5.41) is 37.3. The molecule has 0 radical (unpaired) electrons. The first-order valence-corrected chi connectivity index (χ1v) is 21.3. The van der Waals surface area contributed by atoms with E-state index in [0.717, 1.165) is 42.5 Å². The number of rotatable bonds is 16. The number of aromatic nitrogens is 3. The summed E-state index contributed by atoms with van der Waals surface area (Å²) in [4.78, 5) is 9.61. The van der Waals surface area contributed by atoms with Gasteiger partial charge in [0.1, 0.15) is 31.6 Å². The zero-order valence-corrected chi connectivity index (χ0v) is 43.8. The van der Waals surface area contributed by atoms with E-state index >= 15 is 0 Å². The van der Waals surface area contributed by atoms with E-state index in [0.29, 0.717) is 0 Å². The number of fused-ring (bicyclic) bond motifs is 1. The second-order valence-electron chi connectivity index (χ2n) is 10.5. The predicted octanol–water partition coefficient (Wildman–Crippen LogP) is -9.41. The van der Waals surface area contributed by atoms with Gasteiger partial charge in [0.15, 0.2) is 15.6 Å². The van der Waals surface area contributed by atoms with Crippen molar-refractivity contribution < 1.29 is 189 Å². The van der Waals surface area contributed by atoms with Gasteiger partial charge in [0.25, 0.3) is 0 Å². The standard InChI is InChI=1S/C27H22ClN7O16S5.4Na/c28-25-31-26(29-15-4-3-5-16(12-15)53(38,39)9-8-49-56(46,47)48)33-27(32-25)30-19-13-17(54(40,41)42)10-14-11-20(52-51-50-37)23(24(36)22(14)19)35-34-18-6-1-2-7-21(18)55(43,44)45;;;;/h1-7,10-13,36-37H,8-9H2,(H,40,41,42)(H,43,44,45)(H,46,47,48)(H2,29,30,31,32,33);;;;/q;4*+1/p-4. The molecule has 4 aromatic carbocycles. The van der Waals surface area contributed by atoms with Crippen LogP contribution in [0.4, 0.5) is 34.6 Å². The number of nitrogens with one attached hydrogen (secondary N) is 2. The Morgan fingerprint density at radius 2 is 1.42 bits per heavy atom. The van der Waals surface area contributed by atoms with Crippen molar-refractivity contribution in [3.63, 3.8) is 0 Å². The summed E-state index contributed by atoms with van der Waals surface area (Å²) in [5.41, 5.74) is -1.37. The molecule has 0 amide bonds. The smallest absolute Gasteiger partial charge is 0.744 e. The molecule has 0 bridgehead atoms. The van der Waals surface area contributed by atoms with Crippen LogP contribution in [0.2, 0.25) is 5.28 Å². The normalized spacial score (nSPS) is 11.8. The Bertz CT molecular complexity index is 2840. The van der Waals surface area contributed by atoms with E-state index in [1.54, 1.807) is 0 Å². The van der Waals surface area contributed by atoms with Crippen molar-refractivity contribution in [3.05, 3.63) is 72.0 Å². The number of benzene rings is 4. The van der Waals surface area contributed by atoms with E-state index in [2.05, 4.69) is 49.4 Å². The summed E-state index contributed by atoms with van der Waals surface area (Å²) < 4.78 is 138. The number of azo groups is 1. The molecule has 0 saturated carbocycles. The number of halogens is 1. The molecular formula is C27H18ClN7Na4O16S5. The van der Waals surface area contributed by atoms with Gasteiger partial charge in [0, 0.05) is 11.1 Å². The first kappa shape index (κ1) is 57.3. The molecule has 0 aliphatic heterocycles. The van der Waals surface area contributed by atoms with Gasteiger partial charge in [0.05, 0.1) is 49.7 Å². The Hall–Kier alpha value is -0.690. The first-order chi connectivity index (χ1) is 26.1. The summed E-state index contributed by atoms with van der Waals surface area (Å²) in [5.74, 6) is -2.54. The Morgan fingerprint density at radius 1 is 0.767 bits per heavy atom. The van der Waals surface area contributed by atoms with E-state index in [1.807, 2.05) is 0 Å². The van der Waals surface area contributed by atoms with Gasteiger partial charge in [-0.05, 0) is 65.5 Å². The summed E-state index contributed by atoms with van der Waals surface area (Å²) in [7, 11) is -19.6. The fourth-order valence-electron chi connectivity index (χ4n) is 4.61. The quantitative estimate of drug-likeness (QED) is 0.0157. The van der Waals surface area contributed by atoms with Gasteiger partial charge in [-0.15, -0.1) is 10.2 Å². The minimum absolute atomic E-state index is 0. The molecule has 1 heterocycles. The molecule has 0 aliphatic carbocycles. The predicted molar refractivity (Wildman–Crippen MR) is 186 cm³/mol. The van der Waals surface area contributed by atoms with Crippen LogP contribution in [0.1, 0.15) is 0 Å². The van der Waals surface area contributed by atoms with E-state index in [9.17, 15) is 57.7 Å². The van der Waals surface area contributed by atoms with Gasteiger partial charge in [-0.25, -0.2) is 33.7 Å². The molecule has 23 nitrogen and oxygen atoms in total. The molecule has 5 aromatic rings. The van der Waals surface area contributed by atoms with Crippen LogP contribution in [-0.4, -0.2) is 79.7 Å². The van der Waals surface area contributed by atoms with Gasteiger partial charge in [-0.3, -0.25) is 9.22 Å². The maximum absolute atomic E-state index is 12.7. The Morgan fingerprint density at radius 3 is 2.03 bits per heavy atom. The van der Waals surface area contributed by atoms with Crippen LogP contribution in [0.15, 0.2) is 96.5 Å². The third-order valence-corrected chi connectivity index (χ3v) is 11.5. The van der Waals surface area contributed by atoms with Gasteiger partial charge in [-0.2, -0.15) is 19.3 Å². The van der Waals surface area contributed by atoms with Crippen LogP contribution >= 0.6 is 23.6 Å². The largest absolute Gasteiger partial charge is 1.00 e. The number of hydrogen-bond acceptors (Lipinski definition) is 24. The van der Waals surface area contributed by atoms with E-state index in [1.165, 1.54) is 24.3 Å². The maximum Gasteiger partial charge on any atom is 1.00 e. The summed E-state index contributed by atoms with van der Waals surface area (Å²) >= 11 is 6.24. The van der Waals surface area contributed by atoms with Gasteiger partial charge >= 0.3 is 118 Å². The minimum atomic E-state index is -5.22. The molecule has 0 fully saturated rings. The molecule has 0 aliphatic rings. The van der Waals surface area contributed by atoms with Gasteiger partial charge in [0.2, 0.25) is 27.6 Å². The van der Waals surface area contributed by atoms with Crippen molar-refractivity contribution in [3.8, 4) is 5.75 Å². The average molecular weight is 984 g/mol. The molecule has 33 heteroatoms. The summed E-state index contributed by atoms with van der Waals surface area (Å²) in [6.07, 6.45) is 0. The third-order valence-electron chi connectivity index (χ3n) is 6.84. The number of anilines is 4. The second kappa shape index (κ2) is 24.0. The van der Waals surface area contributed by atoms with Crippen molar-refractivity contribution in [1.29, 1.82) is 0 Å². The van der Waals surface area contributed by atoms with Crippen molar-refractivity contribution in [1.82, 2.24) is 15.0 Å². The second-order valence-corrected chi connectivity index (χ2v) is 17.5. The average Bonchev–Trinajstić information content (AvgIpc) is 3.08. The Balaban J connectivity index is 0.00000450. The monoisotopic (exact) mass is 983 g/mol. The number of phenolic OH excluding ortho intramolecular Hbond substituents is 1. The van der Waals surface area contributed by atoms with E-state index in [-0.39, 0.29) is 162 Å². The van der Waals surface area contributed by atoms with Crippen LogP contribution in [0.5, 0.6) is 5.75 Å². The summed E-state index contributed by atoms with van der Waals surface area (Å²) in [6.45, 7) is -0.949. The molecule has 298 valence electrons. The molecular weight excluding hydrogens is 966 g/mol. The number of aromatic hydroxyl groups is 1. The molecule has 0 unspecified atom stereocenters. The van der Waals surface area contributed by atoms with Crippen LogP contribution in [0.3, 0.4) is 0 Å². The van der Waals surface area contributed by atoms with Crippen molar-refractivity contribution in [2.24, 2.45) is 10.2 Å². The SMILES string of the molecule is O=S(=O)([O-])OCCS(=O)(=O)c1cccc(Nc2nc(Cl)nc(Nc3cc(S(=O)(=O)[O-])cc4cc(SOO[O-])c(N=Nc5ccccc5S(=O)(=O)[O-])c(O)c34)n2)c1.[Na+].[Na+].[Na+].[Na+]. The molecule has 60 heavy (non-hydrogen) atoms. The fraction of sp³-hybridized carbons (Fsp3) is 0.0741. The zero-order chi connectivity index (χ0) is 41.1. The number of hydrogen-bond donors (Lipinski definition) is 3. The van der Waals surface area contributed by atoms with Crippen LogP contribution in [0.25, 0.3) is 10.8 Å². The first-order valence-electron chi connectivity index (χ1n) is 14.4.